The Balaban J connectivity index is 1.67. The molecule has 3 aliphatic rings. The van der Waals surface area contributed by atoms with E-state index in [9.17, 15) is 10.1 Å². The number of carbonyl (C=O) groups is 1. The molecule has 0 spiro atoms. The van der Waals surface area contributed by atoms with Gasteiger partial charge in [0, 0.05) is 31.2 Å². The van der Waals surface area contributed by atoms with Gasteiger partial charge in [0.25, 0.3) is 0 Å². The Morgan fingerprint density at radius 2 is 1.95 bits per heavy atom. The van der Waals surface area contributed by atoms with Crippen LogP contribution in [0.1, 0.15) is 45.4 Å². The third-order valence-corrected chi connectivity index (χ3v) is 4.93. The van der Waals surface area contributed by atoms with Gasteiger partial charge in [-0.1, -0.05) is 5.57 Å². The molecular weight excluding hydrogens is 250 g/mol. The van der Waals surface area contributed by atoms with E-state index in [0.717, 1.165) is 31.5 Å². The van der Waals surface area contributed by atoms with Gasteiger partial charge in [0.15, 0.2) is 0 Å². The maximum absolute atomic E-state index is 12.6. The van der Waals surface area contributed by atoms with E-state index in [2.05, 4.69) is 11.0 Å². The first-order valence-corrected chi connectivity index (χ1v) is 7.84. The van der Waals surface area contributed by atoms with E-state index in [0.29, 0.717) is 12.6 Å². The van der Waals surface area contributed by atoms with Crippen molar-refractivity contribution in [3.8, 4) is 6.07 Å². The van der Waals surface area contributed by atoms with Gasteiger partial charge >= 0.3 is 0 Å². The molecule has 1 heterocycles. The maximum atomic E-state index is 12.6. The molecule has 0 aromatic carbocycles. The second kappa shape index (κ2) is 5.57. The lowest BCUT2D eigenvalue weighted by atomic mass is 10.1. The molecule has 1 amide bonds. The van der Waals surface area contributed by atoms with Crippen molar-refractivity contribution in [1.29, 1.82) is 5.26 Å². The normalized spacial score (nSPS) is 27.5. The molecule has 4 nitrogen and oxygen atoms in total. The van der Waals surface area contributed by atoms with Crippen LogP contribution in [0.2, 0.25) is 0 Å². The Kier molecular flexibility index (Phi) is 3.80. The lowest BCUT2D eigenvalue weighted by Gasteiger charge is -2.38. The average Bonchev–Trinajstić information content (AvgIpc) is 3.19. The summed E-state index contributed by atoms with van der Waals surface area (Å²) in [6.45, 7) is 4.18. The molecule has 1 atom stereocenters. The summed E-state index contributed by atoms with van der Waals surface area (Å²) in [5, 5.41) is 9.35. The molecule has 0 N–H and O–H groups in total. The zero-order valence-corrected chi connectivity index (χ0v) is 12.3. The van der Waals surface area contributed by atoms with Gasteiger partial charge in [0.2, 0.25) is 5.91 Å². The highest BCUT2D eigenvalue weighted by Crippen LogP contribution is 2.31. The zero-order chi connectivity index (χ0) is 14.1. The topological polar surface area (TPSA) is 47.3 Å². The lowest BCUT2D eigenvalue weighted by molar-refractivity contribution is -0.129. The third kappa shape index (κ3) is 2.60. The molecule has 4 heteroatoms. The molecule has 1 aliphatic heterocycles. The van der Waals surface area contributed by atoms with Crippen molar-refractivity contribution in [3.05, 3.63) is 11.1 Å². The van der Waals surface area contributed by atoms with Crippen LogP contribution in [0, 0.1) is 11.3 Å². The van der Waals surface area contributed by atoms with Crippen molar-refractivity contribution in [2.24, 2.45) is 0 Å². The molecule has 0 radical (unpaired) electrons. The van der Waals surface area contributed by atoms with Gasteiger partial charge in [-0.05, 0) is 45.4 Å². The van der Waals surface area contributed by atoms with Crippen LogP contribution >= 0.6 is 0 Å². The van der Waals surface area contributed by atoms with Crippen LogP contribution in [0.25, 0.3) is 0 Å². The van der Waals surface area contributed by atoms with Crippen molar-refractivity contribution in [2.45, 2.75) is 57.5 Å². The van der Waals surface area contributed by atoms with Gasteiger partial charge in [0.1, 0.15) is 6.04 Å². The van der Waals surface area contributed by atoms with Crippen LogP contribution in [0.5, 0.6) is 0 Å². The number of carbonyl (C=O) groups excluding carboxylic acids is 1. The van der Waals surface area contributed by atoms with Gasteiger partial charge in [-0.2, -0.15) is 5.26 Å². The summed E-state index contributed by atoms with van der Waals surface area (Å²) < 4.78 is 0. The number of rotatable bonds is 2. The number of piperazine rings is 1. The summed E-state index contributed by atoms with van der Waals surface area (Å²) in [5.74, 6) is 0.164. The predicted octanol–water partition coefficient (Wildman–Crippen LogP) is 2.08. The van der Waals surface area contributed by atoms with Crippen molar-refractivity contribution < 1.29 is 4.79 Å². The molecule has 3 fully saturated rings. The summed E-state index contributed by atoms with van der Waals surface area (Å²) >= 11 is 0. The summed E-state index contributed by atoms with van der Waals surface area (Å²) in [5.41, 5.74) is 2.28. The maximum Gasteiger partial charge on any atom is 0.249 e. The SMILES string of the molecule is CC(C(=O)N1CCN(C2CC2)C(C#N)C1)=C1CCCC1. The average molecular weight is 273 g/mol. The van der Waals surface area contributed by atoms with Gasteiger partial charge < -0.3 is 4.90 Å². The highest BCUT2D eigenvalue weighted by molar-refractivity contribution is 5.93. The summed E-state index contributed by atoms with van der Waals surface area (Å²) in [4.78, 5) is 16.8. The Morgan fingerprint density at radius 3 is 2.55 bits per heavy atom. The summed E-state index contributed by atoms with van der Waals surface area (Å²) in [6, 6.07) is 2.88. The molecule has 0 bridgehead atoms. The van der Waals surface area contributed by atoms with Crippen molar-refractivity contribution in [2.75, 3.05) is 19.6 Å². The summed E-state index contributed by atoms with van der Waals surface area (Å²) in [7, 11) is 0. The van der Waals surface area contributed by atoms with Crippen LogP contribution < -0.4 is 0 Å². The van der Waals surface area contributed by atoms with Crippen LogP contribution in [-0.2, 0) is 4.79 Å². The van der Waals surface area contributed by atoms with E-state index in [1.165, 1.54) is 31.3 Å². The molecule has 2 aliphatic carbocycles. The fourth-order valence-electron chi connectivity index (χ4n) is 3.50. The second-order valence-electron chi connectivity index (χ2n) is 6.30. The summed E-state index contributed by atoms with van der Waals surface area (Å²) in [6.07, 6.45) is 7.04. The number of allylic oxidation sites excluding steroid dienone is 1. The minimum Gasteiger partial charge on any atom is -0.335 e. The zero-order valence-electron chi connectivity index (χ0n) is 12.3. The molecule has 1 saturated heterocycles. The number of amides is 1. The lowest BCUT2D eigenvalue weighted by Crippen LogP contribution is -2.55. The first kappa shape index (κ1) is 13.6. The Hall–Kier alpha value is -1.34. The van der Waals surface area contributed by atoms with Crippen LogP contribution in [0.4, 0.5) is 0 Å². The second-order valence-corrected chi connectivity index (χ2v) is 6.30. The largest absolute Gasteiger partial charge is 0.335 e. The number of nitrogens with zero attached hydrogens (tertiary/aromatic N) is 3. The Morgan fingerprint density at radius 1 is 1.25 bits per heavy atom. The first-order valence-electron chi connectivity index (χ1n) is 7.84. The molecule has 108 valence electrons. The molecular formula is C16H23N3O. The smallest absolute Gasteiger partial charge is 0.249 e. The fourth-order valence-corrected chi connectivity index (χ4v) is 3.50. The minimum absolute atomic E-state index is 0.110. The standard InChI is InChI=1S/C16H23N3O/c1-12(13-4-2-3-5-13)16(20)18-8-9-19(14-6-7-14)15(10-17)11-18/h14-15H,2-9,11H2,1H3. The Labute approximate surface area is 121 Å². The third-order valence-electron chi connectivity index (χ3n) is 4.93. The molecule has 1 unspecified atom stereocenters. The highest BCUT2D eigenvalue weighted by Gasteiger charge is 2.38. The van der Waals surface area contributed by atoms with Crippen molar-refractivity contribution >= 4 is 5.91 Å². The fraction of sp³-hybridized carbons (Fsp3) is 0.750. The predicted molar refractivity (Wildman–Crippen MR) is 76.9 cm³/mol. The van der Waals surface area contributed by atoms with Crippen LogP contribution in [-0.4, -0.2) is 47.4 Å². The molecule has 0 aromatic rings. The van der Waals surface area contributed by atoms with E-state index >= 15 is 0 Å². The van der Waals surface area contributed by atoms with Gasteiger partial charge in [-0.25, -0.2) is 0 Å². The van der Waals surface area contributed by atoms with E-state index in [1.54, 1.807) is 0 Å². The van der Waals surface area contributed by atoms with E-state index in [4.69, 9.17) is 0 Å². The minimum atomic E-state index is -0.110. The number of nitriles is 1. The molecule has 0 aromatic heterocycles. The van der Waals surface area contributed by atoms with Crippen LogP contribution in [0.3, 0.4) is 0 Å². The number of hydrogen-bond acceptors (Lipinski definition) is 3. The first-order chi connectivity index (χ1) is 9.70. The highest BCUT2D eigenvalue weighted by atomic mass is 16.2. The monoisotopic (exact) mass is 273 g/mol. The Bertz CT molecular complexity index is 465. The van der Waals surface area contributed by atoms with E-state index in [-0.39, 0.29) is 11.9 Å². The van der Waals surface area contributed by atoms with Crippen molar-refractivity contribution in [1.82, 2.24) is 9.80 Å². The molecule has 20 heavy (non-hydrogen) atoms. The molecule has 2 saturated carbocycles. The van der Waals surface area contributed by atoms with Crippen LogP contribution in [0.15, 0.2) is 11.1 Å². The quantitative estimate of drug-likeness (QED) is 0.724. The van der Waals surface area contributed by atoms with E-state index in [1.807, 2.05) is 11.8 Å². The molecule has 3 rings (SSSR count). The van der Waals surface area contributed by atoms with Gasteiger partial charge in [0.05, 0.1) is 6.07 Å². The van der Waals surface area contributed by atoms with E-state index < -0.39 is 0 Å². The number of hydrogen-bond donors (Lipinski definition) is 0. The van der Waals surface area contributed by atoms with Gasteiger partial charge in [-0.15, -0.1) is 0 Å². The van der Waals surface area contributed by atoms with Crippen molar-refractivity contribution in [3.63, 3.8) is 0 Å². The van der Waals surface area contributed by atoms with Gasteiger partial charge in [-0.3, -0.25) is 9.69 Å².